The van der Waals surface area contributed by atoms with Crippen LogP contribution in [0, 0.1) is 6.92 Å². The topological polar surface area (TPSA) is 70.1 Å². The summed E-state index contributed by atoms with van der Waals surface area (Å²) in [5, 5.41) is 16.4. The minimum Gasteiger partial charge on any atom is -0.387 e. The van der Waals surface area contributed by atoms with Crippen LogP contribution in [0.3, 0.4) is 0 Å². The fourth-order valence-electron chi connectivity index (χ4n) is 1.92. The molecule has 1 atom stereocenters. The zero-order valence-electron chi connectivity index (χ0n) is 11.8. The molecule has 0 aliphatic heterocycles. The lowest BCUT2D eigenvalue weighted by Gasteiger charge is -2.13. The molecule has 2 rings (SSSR count). The van der Waals surface area contributed by atoms with Gasteiger partial charge in [0.15, 0.2) is 0 Å². The summed E-state index contributed by atoms with van der Waals surface area (Å²) in [4.78, 5) is 8.59. The summed E-state index contributed by atoms with van der Waals surface area (Å²) in [6, 6.07) is 11.4. The lowest BCUT2D eigenvalue weighted by molar-refractivity contribution is 0.191. The maximum absolute atomic E-state index is 10.1. The maximum Gasteiger partial charge on any atom is 0.131 e. The van der Waals surface area contributed by atoms with E-state index in [1.807, 2.05) is 50.2 Å². The van der Waals surface area contributed by atoms with Crippen LogP contribution in [0.4, 0.5) is 11.6 Å². The van der Waals surface area contributed by atoms with Crippen LogP contribution in [0.1, 0.15) is 24.4 Å². The molecule has 20 heavy (non-hydrogen) atoms. The first kappa shape index (κ1) is 14.3. The van der Waals surface area contributed by atoms with Crippen LogP contribution >= 0.6 is 0 Å². The van der Waals surface area contributed by atoms with Gasteiger partial charge in [-0.05, 0) is 19.4 Å². The lowest BCUT2D eigenvalue weighted by Crippen LogP contribution is -2.14. The second kappa shape index (κ2) is 6.86. The van der Waals surface area contributed by atoms with Crippen LogP contribution in [0.15, 0.2) is 36.4 Å². The zero-order valence-corrected chi connectivity index (χ0v) is 11.8. The molecule has 0 bridgehead atoms. The molecule has 1 heterocycles. The summed E-state index contributed by atoms with van der Waals surface area (Å²) in [7, 11) is 0. The molecule has 0 saturated heterocycles. The SMILES string of the molecule is CCNc1cc(NCC(O)c2ccccc2)nc(C)n1. The number of aliphatic hydroxyl groups excluding tert-OH is 1. The van der Waals surface area contributed by atoms with Gasteiger partial charge in [-0.25, -0.2) is 9.97 Å². The van der Waals surface area contributed by atoms with Gasteiger partial charge in [0, 0.05) is 19.2 Å². The van der Waals surface area contributed by atoms with E-state index in [0.717, 1.165) is 17.9 Å². The highest BCUT2D eigenvalue weighted by Crippen LogP contribution is 2.15. The normalized spacial score (nSPS) is 11.9. The number of benzene rings is 1. The molecule has 1 aromatic heterocycles. The van der Waals surface area contributed by atoms with Crippen molar-refractivity contribution in [2.24, 2.45) is 0 Å². The van der Waals surface area contributed by atoms with E-state index in [4.69, 9.17) is 0 Å². The van der Waals surface area contributed by atoms with Crippen molar-refractivity contribution in [3.8, 4) is 0 Å². The van der Waals surface area contributed by atoms with Gasteiger partial charge in [0.2, 0.25) is 0 Å². The largest absolute Gasteiger partial charge is 0.387 e. The van der Waals surface area contributed by atoms with Gasteiger partial charge < -0.3 is 15.7 Å². The van der Waals surface area contributed by atoms with Crippen molar-refractivity contribution in [3.05, 3.63) is 47.8 Å². The first-order chi connectivity index (χ1) is 9.69. The Bertz CT molecular complexity index is 545. The average Bonchev–Trinajstić information content (AvgIpc) is 2.45. The predicted molar refractivity (Wildman–Crippen MR) is 80.8 cm³/mol. The Morgan fingerprint density at radius 3 is 2.40 bits per heavy atom. The molecular formula is C15H20N4O. The van der Waals surface area contributed by atoms with Gasteiger partial charge in [-0.2, -0.15) is 0 Å². The fraction of sp³-hybridized carbons (Fsp3) is 0.333. The van der Waals surface area contributed by atoms with E-state index in [9.17, 15) is 5.11 Å². The highest BCUT2D eigenvalue weighted by Gasteiger charge is 2.07. The molecule has 1 aromatic carbocycles. The van der Waals surface area contributed by atoms with Crippen LogP contribution < -0.4 is 10.6 Å². The maximum atomic E-state index is 10.1. The number of hydrogen-bond donors (Lipinski definition) is 3. The number of hydrogen-bond acceptors (Lipinski definition) is 5. The van der Waals surface area contributed by atoms with Crippen LogP contribution in [-0.2, 0) is 0 Å². The summed E-state index contributed by atoms with van der Waals surface area (Å²) >= 11 is 0. The third-order valence-electron chi connectivity index (χ3n) is 2.86. The summed E-state index contributed by atoms with van der Waals surface area (Å²) in [5.74, 6) is 2.19. The van der Waals surface area contributed by atoms with E-state index < -0.39 is 6.10 Å². The van der Waals surface area contributed by atoms with E-state index >= 15 is 0 Å². The molecule has 2 aromatic rings. The molecule has 5 nitrogen and oxygen atoms in total. The number of anilines is 2. The van der Waals surface area contributed by atoms with E-state index in [-0.39, 0.29) is 0 Å². The summed E-state index contributed by atoms with van der Waals surface area (Å²) in [6.07, 6.45) is -0.561. The second-order valence-corrected chi connectivity index (χ2v) is 4.52. The van der Waals surface area contributed by atoms with Crippen molar-refractivity contribution in [1.82, 2.24) is 9.97 Å². The van der Waals surface area contributed by atoms with E-state index in [0.29, 0.717) is 18.2 Å². The van der Waals surface area contributed by atoms with E-state index in [1.54, 1.807) is 0 Å². The highest BCUT2D eigenvalue weighted by atomic mass is 16.3. The van der Waals surface area contributed by atoms with Gasteiger partial charge >= 0.3 is 0 Å². The Kier molecular flexibility index (Phi) is 4.90. The molecule has 0 saturated carbocycles. The fourth-order valence-corrected chi connectivity index (χ4v) is 1.92. The monoisotopic (exact) mass is 272 g/mol. The Morgan fingerprint density at radius 1 is 1.10 bits per heavy atom. The molecule has 5 heteroatoms. The predicted octanol–water partition coefficient (Wildman–Crippen LogP) is 2.36. The minimum atomic E-state index is -0.561. The van der Waals surface area contributed by atoms with Crippen molar-refractivity contribution in [2.45, 2.75) is 20.0 Å². The standard InChI is InChI=1S/C15H20N4O/c1-3-16-14-9-15(19-11(2)18-14)17-10-13(20)12-7-5-4-6-8-12/h4-9,13,20H,3,10H2,1-2H3,(H2,16,17,18,19). The van der Waals surface area contributed by atoms with Gasteiger partial charge in [0.1, 0.15) is 17.5 Å². The van der Waals surface area contributed by atoms with Gasteiger partial charge in [-0.15, -0.1) is 0 Å². The molecule has 3 N–H and O–H groups in total. The molecule has 1 unspecified atom stereocenters. The van der Waals surface area contributed by atoms with Crippen molar-refractivity contribution < 1.29 is 5.11 Å². The summed E-state index contributed by atoms with van der Waals surface area (Å²) in [6.45, 7) is 5.08. The Hall–Kier alpha value is -2.14. The van der Waals surface area contributed by atoms with Crippen molar-refractivity contribution in [1.29, 1.82) is 0 Å². The first-order valence-corrected chi connectivity index (χ1v) is 6.75. The third kappa shape index (κ3) is 3.93. The minimum absolute atomic E-state index is 0.409. The molecule has 0 radical (unpaired) electrons. The summed E-state index contributed by atoms with van der Waals surface area (Å²) in [5.41, 5.74) is 0.887. The molecule has 0 aliphatic carbocycles. The van der Waals surface area contributed by atoms with Gasteiger partial charge in [0.05, 0.1) is 6.10 Å². The number of rotatable bonds is 6. The van der Waals surface area contributed by atoms with Crippen LogP contribution in [0.25, 0.3) is 0 Å². The van der Waals surface area contributed by atoms with Crippen molar-refractivity contribution in [2.75, 3.05) is 23.7 Å². The number of aromatic nitrogens is 2. The number of aryl methyl sites for hydroxylation is 1. The quantitative estimate of drug-likeness (QED) is 0.753. The van der Waals surface area contributed by atoms with Gasteiger partial charge in [0.25, 0.3) is 0 Å². The van der Waals surface area contributed by atoms with Crippen LogP contribution in [0.2, 0.25) is 0 Å². The Labute approximate surface area is 119 Å². The van der Waals surface area contributed by atoms with Crippen molar-refractivity contribution >= 4 is 11.6 Å². The van der Waals surface area contributed by atoms with Gasteiger partial charge in [-0.3, -0.25) is 0 Å². The van der Waals surface area contributed by atoms with Crippen LogP contribution in [-0.4, -0.2) is 28.2 Å². The first-order valence-electron chi connectivity index (χ1n) is 6.75. The average molecular weight is 272 g/mol. The smallest absolute Gasteiger partial charge is 0.131 e. The molecule has 0 amide bonds. The molecule has 0 aliphatic rings. The molecule has 0 fully saturated rings. The van der Waals surface area contributed by atoms with Crippen molar-refractivity contribution in [3.63, 3.8) is 0 Å². The molecule has 106 valence electrons. The Balaban J connectivity index is 2.00. The molecule has 0 spiro atoms. The van der Waals surface area contributed by atoms with Gasteiger partial charge in [-0.1, -0.05) is 30.3 Å². The second-order valence-electron chi connectivity index (χ2n) is 4.52. The zero-order chi connectivity index (χ0) is 14.4. The highest BCUT2D eigenvalue weighted by molar-refractivity contribution is 5.47. The number of aliphatic hydroxyl groups is 1. The molecular weight excluding hydrogens is 252 g/mol. The lowest BCUT2D eigenvalue weighted by atomic mass is 10.1. The van der Waals surface area contributed by atoms with E-state index in [1.165, 1.54) is 0 Å². The summed E-state index contributed by atoms with van der Waals surface area (Å²) < 4.78 is 0. The number of nitrogens with one attached hydrogen (secondary N) is 2. The van der Waals surface area contributed by atoms with E-state index in [2.05, 4.69) is 20.6 Å². The third-order valence-corrected chi connectivity index (χ3v) is 2.86. The Morgan fingerprint density at radius 2 is 1.75 bits per heavy atom. The number of nitrogens with zero attached hydrogens (tertiary/aromatic N) is 2. The van der Waals surface area contributed by atoms with Crippen LogP contribution in [0.5, 0.6) is 0 Å².